The van der Waals surface area contributed by atoms with Gasteiger partial charge in [-0.2, -0.15) is 0 Å². The van der Waals surface area contributed by atoms with Gasteiger partial charge >= 0.3 is 0 Å². The number of hydrogen-bond donors (Lipinski definition) is 2. The summed E-state index contributed by atoms with van der Waals surface area (Å²) in [7, 11) is 4.23. The molecule has 0 atom stereocenters. The Bertz CT molecular complexity index is 253. The summed E-state index contributed by atoms with van der Waals surface area (Å²) in [6, 6.07) is 0. The van der Waals surface area contributed by atoms with Crippen LogP contribution in [0.15, 0.2) is 0 Å². The molecule has 1 aliphatic rings. The zero-order valence-corrected chi connectivity index (χ0v) is 13.3. The van der Waals surface area contributed by atoms with Gasteiger partial charge in [0.25, 0.3) is 0 Å². The minimum atomic E-state index is 0.126. The van der Waals surface area contributed by atoms with E-state index in [2.05, 4.69) is 52.0 Å². The van der Waals surface area contributed by atoms with Crippen LogP contribution < -0.4 is 11.1 Å². The molecule has 0 aromatic carbocycles. The van der Waals surface area contributed by atoms with Crippen LogP contribution in [-0.4, -0.2) is 44.2 Å². The van der Waals surface area contributed by atoms with Crippen molar-refractivity contribution in [3.63, 3.8) is 0 Å². The van der Waals surface area contributed by atoms with E-state index in [4.69, 9.17) is 5.73 Å². The highest BCUT2D eigenvalue weighted by atomic mass is 15.1. The Hall–Kier alpha value is -0.120. The van der Waals surface area contributed by atoms with Gasteiger partial charge in [0.1, 0.15) is 0 Å². The quantitative estimate of drug-likeness (QED) is 0.790. The molecule has 1 saturated carbocycles. The Balaban J connectivity index is 2.72. The Kier molecular flexibility index (Phi) is 4.85. The number of likely N-dealkylation sites (N-methyl/N-ethyl adjacent to an activating group) is 1. The van der Waals surface area contributed by atoms with E-state index in [1.807, 2.05) is 0 Å². The van der Waals surface area contributed by atoms with Crippen LogP contribution in [0.5, 0.6) is 0 Å². The molecule has 0 aromatic rings. The largest absolute Gasteiger partial charge is 0.329 e. The summed E-state index contributed by atoms with van der Waals surface area (Å²) >= 11 is 0. The van der Waals surface area contributed by atoms with Gasteiger partial charge in [-0.15, -0.1) is 0 Å². The lowest BCUT2D eigenvalue weighted by molar-refractivity contribution is 0.0319. The molecule has 0 spiro atoms. The molecule has 0 radical (unpaired) electrons. The Morgan fingerprint density at radius 1 is 1.00 bits per heavy atom. The van der Waals surface area contributed by atoms with Gasteiger partial charge in [-0.05, 0) is 44.2 Å². The van der Waals surface area contributed by atoms with Gasteiger partial charge in [-0.3, -0.25) is 0 Å². The third-order valence-electron chi connectivity index (χ3n) is 4.04. The van der Waals surface area contributed by atoms with E-state index in [-0.39, 0.29) is 5.54 Å². The average Bonchev–Trinajstić information content (AvgIpc) is 2.11. The molecular weight excluding hydrogens is 222 g/mol. The minimum absolute atomic E-state index is 0.126. The van der Waals surface area contributed by atoms with E-state index >= 15 is 0 Å². The fraction of sp³-hybridized carbons (Fsp3) is 1.00. The average molecular weight is 255 g/mol. The summed E-state index contributed by atoms with van der Waals surface area (Å²) in [5, 5.41) is 3.76. The molecule has 0 unspecified atom stereocenters. The van der Waals surface area contributed by atoms with Crippen molar-refractivity contribution in [3.8, 4) is 0 Å². The van der Waals surface area contributed by atoms with E-state index in [1.165, 1.54) is 19.3 Å². The zero-order chi connectivity index (χ0) is 14.0. The smallest absolute Gasteiger partial charge is 0.0314 e. The molecule has 3 heteroatoms. The summed E-state index contributed by atoms with van der Waals surface area (Å²) < 4.78 is 0. The molecule has 0 heterocycles. The molecule has 3 N–H and O–H groups in total. The second-order valence-electron chi connectivity index (χ2n) is 8.07. The van der Waals surface area contributed by atoms with Crippen molar-refractivity contribution in [1.29, 1.82) is 0 Å². The fourth-order valence-electron chi connectivity index (χ4n) is 4.20. The monoisotopic (exact) mass is 255 g/mol. The van der Waals surface area contributed by atoms with Gasteiger partial charge in [0.15, 0.2) is 0 Å². The van der Waals surface area contributed by atoms with Crippen LogP contribution in [0, 0.1) is 10.8 Å². The maximum atomic E-state index is 6.12. The topological polar surface area (TPSA) is 41.3 Å². The van der Waals surface area contributed by atoms with Crippen molar-refractivity contribution < 1.29 is 0 Å². The Labute approximate surface area is 113 Å². The normalized spacial score (nSPS) is 25.3. The highest BCUT2D eigenvalue weighted by Crippen LogP contribution is 2.49. The predicted octanol–water partition coefficient (Wildman–Crippen LogP) is 2.07. The van der Waals surface area contributed by atoms with Gasteiger partial charge in [-0.25, -0.2) is 0 Å². The van der Waals surface area contributed by atoms with Gasteiger partial charge in [0.05, 0.1) is 0 Å². The summed E-state index contributed by atoms with van der Waals surface area (Å²) in [5.41, 5.74) is 7.01. The summed E-state index contributed by atoms with van der Waals surface area (Å²) in [6.45, 7) is 12.4. The molecule has 1 fully saturated rings. The molecule has 3 nitrogen and oxygen atoms in total. The lowest BCUT2D eigenvalue weighted by Gasteiger charge is -2.52. The Morgan fingerprint density at radius 2 is 1.50 bits per heavy atom. The van der Waals surface area contributed by atoms with Crippen LogP contribution >= 0.6 is 0 Å². The van der Waals surface area contributed by atoms with Gasteiger partial charge < -0.3 is 16.0 Å². The van der Waals surface area contributed by atoms with Gasteiger partial charge in [0.2, 0.25) is 0 Å². The zero-order valence-electron chi connectivity index (χ0n) is 13.3. The first kappa shape index (κ1) is 15.9. The third kappa shape index (κ3) is 4.52. The second-order valence-corrected chi connectivity index (χ2v) is 8.07. The molecule has 1 rings (SSSR count). The lowest BCUT2D eigenvalue weighted by atomic mass is 9.58. The Morgan fingerprint density at radius 3 is 1.89 bits per heavy atom. The first-order valence-corrected chi connectivity index (χ1v) is 7.20. The van der Waals surface area contributed by atoms with Crippen molar-refractivity contribution >= 4 is 0 Å². The van der Waals surface area contributed by atoms with Crippen molar-refractivity contribution in [1.82, 2.24) is 10.2 Å². The van der Waals surface area contributed by atoms with Crippen LogP contribution in [0.4, 0.5) is 0 Å². The van der Waals surface area contributed by atoms with Crippen LogP contribution in [0.25, 0.3) is 0 Å². The molecule has 0 saturated heterocycles. The molecule has 0 amide bonds. The van der Waals surface area contributed by atoms with E-state index in [1.54, 1.807) is 0 Å². The van der Waals surface area contributed by atoms with Crippen molar-refractivity contribution in [2.24, 2.45) is 16.6 Å². The second kappa shape index (κ2) is 5.48. The van der Waals surface area contributed by atoms with Crippen molar-refractivity contribution in [2.45, 2.75) is 52.5 Å². The van der Waals surface area contributed by atoms with Crippen LogP contribution in [0.2, 0.25) is 0 Å². The summed E-state index contributed by atoms with van der Waals surface area (Å²) in [6.07, 6.45) is 3.66. The lowest BCUT2D eigenvalue weighted by Crippen LogP contribution is -2.60. The van der Waals surface area contributed by atoms with Crippen molar-refractivity contribution in [2.75, 3.05) is 33.7 Å². The summed E-state index contributed by atoms with van der Waals surface area (Å²) in [4.78, 5) is 2.22. The third-order valence-corrected chi connectivity index (χ3v) is 4.04. The molecule has 108 valence electrons. The van der Waals surface area contributed by atoms with E-state index < -0.39 is 0 Å². The first-order chi connectivity index (χ1) is 8.10. The van der Waals surface area contributed by atoms with Crippen LogP contribution in [0.1, 0.15) is 47.0 Å². The van der Waals surface area contributed by atoms with Gasteiger partial charge in [0, 0.05) is 25.2 Å². The van der Waals surface area contributed by atoms with Crippen LogP contribution in [0.3, 0.4) is 0 Å². The first-order valence-electron chi connectivity index (χ1n) is 7.20. The number of nitrogens with two attached hydrogens (primary N) is 1. The van der Waals surface area contributed by atoms with E-state index in [9.17, 15) is 0 Å². The molecule has 1 aliphatic carbocycles. The number of nitrogens with zero attached hydrogens (tertiary/aromatic N) is 1. The van der Waals surface area contributed by atoms with E-state index in [0.29, 0.717) is 10.8 Å². The van der Waals surface area contributed by atoms with Crippen LogP contribution in [-0.2, 0) is 0 Å². The molecular formula is C15H33N3. The fourth-order valence-corrected chi connectivity index (χ4v) is 4.20. The van der Waals surface area contributed by atoms with Gasteiger partial charge in [-0.1, -0.05) is 27.7 Å². The number of nitrogens with one attached hydrogen (secondary N) is 1. The highest BCUT2D eigenvalue weighted by Gasteiger charge is 2.46. The predicted molar refractivity (Wildman–Crippen MR) is 79.8 cm³/mol. The molecule has 0 aromatic heterocycles. The number of hydrogen-bond acceptors (Lipinski definition) is 3. The summed E-state index contributed by atoms with van der Waals surface area (Å²) in [5.74, 6) is 0. The molecule has 18 heavy (non-hydrogen) atoms. The molecule has 0 bridgehead atoms. The highest BCUT2D eigenvalue weighted by molar-refractivity contribution is 5.03. The van der Waals surface area contributed by atoms with Crippen molar-refractivity contribution in [3.05, 3.63) is 0 Å². The maximum absolute atomic E-state index is 6.12. The minimum Gasteiger partial charge on any atom is -0.329 e. The SMILES string of the molecule is CN(C)CCNC1(CN)CC(C)(C)CC(C)(C)C1. The van der Waals surface area contributed by atoms with E-state index in [0.717, 1.165) is 19.6 Å². The maximum Gasteiger partial charge on any atom is 0.0314 e. The number of rotatable bonds is 5. The standard InChI is InChI=1S/C15H33N3/c1-13(2)9-14(3,4)11-15(10-13,12-16)17-7-8-18(5)6/h17H,7-12,16H2,1-6H3. The molecule has 0 aliphatic heterocycles.